The third kappa shape index (κ3) is 5.87. The molecule has 9 heteroatoms. The molecule has 0 unspecified atom stereocenters. The molecular formula is C30H39NO8. The molecule has 3 rings (SSSR count). The summed E-state index contributed by atoms with van der Waals surface area (Å²) in [6, 6.07) is 8.32. The minimum absolute atomic E-state index is 0.0842. The SMILES string of the molecule is CCN(CCCOC(=O)C(C)(C)CC)c1ccc(C2=C(O)C(c3cc(OC)c(OC)c(OC)c3)=C2O)c(O)c1. The average molecular weight is 542 g/mol. The van der Waals surface area contributed by atoms with E-state index < -0.39 is 5.41 Å². The van der Waals surface area contributed by atoms with Crippen LogP contribution in [0.3, 0.4) is 0 Å². The Labute approximate surface area is 229 Å². The number of phenolic OH excluding ortho intramolecular Hbond substituents is 1. The minimum atomic E-state index is -0.501. The van der Waals surface area contributed by atoms with Gasteiger partial charge in [-0.05, 0) is 63.4 Å². The van der Waals surface area contributed by atoms with Crippen LogP contribution in [0.5, 0.6) is 23.0 Å². The van der Waals surface area contributed by atoms with Crippen LogP contribution in [0.4, 0.5) is 5.69 Å². The number of benzene rings is 2. The van der Waals surface area contributed by atoms with Gasteiger partial charge >= 0.3 is 5.97 Å². The molecule has 2 aromatic carbocycles. The highest BCUT2D eigenvalue weighted by atomic mass is 16.5. The first kappa shape index (κ1) is 29.5. The van der Waals surface area contributed by atoms with Crippen LogP contribution in [0, 0.1) is 5.41 Å². The van der Waals surface area contributed by atoms with Crippen molar-refractivity contribution >= 4 is 22.8 Å². The number of anilines is 1. The molecule has 3 N–H and O–H groups in total. The highest BCUT2D eigenvalue weighted by Crippen LogP contribution is 2.50. The van der Waals surface area contributed by atoms with Crippen molar-refractivity contribution < 1.29 is 39.1 Å². The monoisotopic (exact) mass is 541 g/mol. The number of esters is 1. The number of carbonyl (C=O) groups excluding carboxylic acids is 1. The van der Waals surface area contributed by atoms with Gasteiger partial charge in [-0.15, -0.1) is 0 Å². The maximum absolute atomic E-state index is 12.2. The zero-order chi connectivity index (χ0) is 28.9. The van der Waals surface area contributed by atoms with E-state index in [0.29, 0.717) is 60.9 Å². The van der Waals surface area contributed by atoms with Gasteiger partial charge in [-0.25, -0.2) is 0 Å². The van der Waals surface area contributed by atoms with Crippen LogP contribution in [0.1, 0.15) is 51.7 Å². The van der Waals surface area contributed by atoms with Gasteiger partial charge in [0.2, 0.25) is 5.75 Å². The lowest BCUT2D eigenvalue weighted by atomic mass is 9.84. The van der Waals surface area contributed by atoms with Gasteiger partial charge in [-0.3, -0.25) is 4.79 Å². The Morgan fingerprint density at radius 3 is 2.00 bits per heavy atom. The predicted molar refractivity (Wildman–Crippen MR) is 151 cm³/mol. The van der Waals surface area contributed by atoms with Crippen molar-refractivity contribution in [1.82, 2.24) is 0 Å². The molecular weight excluding hydrogens is 502 g/mol. The number of aromatic hydroxyl groups is 1. The summed E-state index contributed by atoms with van der Waals surface area (Å²) >= 11 is 0. The number of phenols is 1. The summed E-state index contributed by atoms with van der Waals surface area (Å²) in [4.78, 5) is 14.2. The summed E-state index contributed by atoms with van der Waals surface area (Å²) in [5, 5.41) is 32.6. The highest BCUT2D eigenvalue weighted by Gasteiger charge is 2.34. The molecule has 9 nitrogen and oxygen atoms in total. The summed E-state index contributed by atoms with van der Waals surface area (Å²) < 4.78 is 21.5. The Kier molecular flexibility index (Phi) is 9.27. The van der Waals surface area contributed by atoms with Crippen molar-refractivity contribution in [2.24, 2.45) is 5.41 Å². The quantitative estimate of drug-likeness (QED) is 0.211. The van der Waals surface area contributed by atoms with Crippen molar-refractivity contribution in [3.05, 3.63) is 53.0 Å². The number of carbonyl (C=O) groups is 1. The van der Waals surface area contributed by atoms with Crippen molar-refractivity contribution in [1.29, 1.82) is 0 Å². The van der Waals surface area contributed by atoms with E-state index in [1.54, 1.807) is 24.3 Å². The van der Waals surface area contributed by atoms with Crippen LogP contribution in [-0.4, -0.2) is 62.3 Å². The van der Waals surface area contributed by atoms with Gasteiger partial charge in [0.1, 0.15) is 17.3 Å². The van der Waals surface area contributed by atoms with E-state index in [0.717, 1.165) is 5.69 Å². The summed E-state index contributed by atoms with van der Waals surface area (Å²) in [6.45, 7) is 9.31. The van der Waals surface area contributed by atoms with Gasteiger partial charge in [0.05, 0.1) is 44.5 Å². The van der Waals surface area contributed by atoms with E-state index in [4.69, 9.17) is 18.9 Å². The predicted octanol–water partition coefficient (Wildman–Crippen LogP) is 5.87. The largest absolute Gasteiger partial charge is 0.507 e. The van der Waals surface area contributed by atoms with Gasteiger partial charge in [-0.2, -0.15) is 0 Å². The number of methoxy groups -OCH3 is 3. The molecule has 0 amide bonds. The minimum Gasteiger partial charge on any atom is -0.507 e. The topological polar surface area (TPSA) is 118 Å². The molecule has 0 aromatic heterocycles. The number of hydrogen-bond donors (Lipinski definition) is 3. The van der Waals surface area contributed by atoms with E-state index in [1.165, 1.54) is 21.3 Å². The van der Waals surface area contributed by atoms with Gasteiger partial charge in [0.25, 0.3) is 0 Å². The summed E-state index contributed by atoms with van der Waals surface area (Å²) in [5.74, 6) is 0.543. The third-order valence-corrected chi connectivity index (χ3v) is 7.14. The standard InChI is InChI=1S/C30H39NO8/c1-8-30(3,4)29(35)39-14-10-13-31(9-2)19-11-12-20(21(32)17-19)25-26(33)24(27(25)34)18-15-22(36-5)28(38-7)23(16-18)37-6/h11-12,15-17,32-34H,8-10,13-14H2,1-7H3. The van der Waals surface area contributed by atoms with Crippen LogP contribution in [0.2, 0.25) is 0 Å². The van der Waals surface area contributed by atoms with Crippen molar-refractivity contribution in [3.63, 3.8) is 0 Å². The number of aliphatic hydroxyl groups excluding tert-OH is 2. The second-order valence-corrected chi connectivity index (χ2v) is 9.87. The van der Waals surface area contributed by atoms with Gasteiger partial charge in [0, 0.05) is 30.4 Å². The summed E-state index contributed by atoms with van der Waals surface area (Å²) in [5.41, 5.74) is 1.40. The van der Waals surface area contributed by atoms with E-state index >= 15 is 0 Å². The zero-order valence-corrected chi connectivity index (χ0v) is 23.8. The molecule has 39 heavy (non-hydrogen) atoms. The summed E-state index contributed by atoms with van der Waals surface area (Å²) in [6.07, 6.45) is 1.34. The molecule has 1 aliphatic rings. The van der Waals surface area contributed by atoms with Crippen LogP contribution >= 0.6 is 0 Å². The Morgan fingerprint density at radius 2 is 1.51 bits per heavy atom. The fraction of sp³-hybridized carbons (Fsp3) is 0.433. The van der Waals surface area contributed by atoms with Crippen LogP contribution in [0.25, 0.3) is 11.1 Å². The molecule has 0 saturated carbocycles. The third-order valence-electron chi connectivity index (χ3n) is 7.14. The van der Waals surface area contributed by atoms with Gasteiger partial charge < -0.3 is 39.2 Å². The summed E-state index contributed by atoms with van der Waals surface area (Å²) in [7, 11) is 4.46. The fourth-order valence-corrected chi connectivity index (χ4v) is 4.32. The molecule has 1 aliphatic carbocycles. The maximum atomic E-state index is 12.2. The molecule has 0 spiro atoms. The van der Waals surface area contributed by atoms with Crippen LogP contribution in [-0.2, 0) is 9.53 Å². The molecule has 212 valence electrons. The molecule has 0 radical (unpaired) electrons. The normalized spacial score (nSPS) is 13.2. The molecule has 0 atom stereocenters. The Hall–Kier alpha value is -4.01. The van der Waals surface area contributed by atoms with E-state index in [2.05, 4.69) is 0 Å². The van der Waals surface area contributed by atoms with Crippen molar-refractivity contribution in [2.75, 3.05) is 45.9 Å². The Balaban J connectivity index is 1.76. The van der Waals surface area contributed by atoms with Crippen LogP contribution < -0.4 is 19.1 Å². The van der Waals surface area contributed by atoms with Gasteiger partial charge in [-0.1, -0.05) is 6.92 Å². The first-order valence-corrected chi connectivity index (χ1v) is 13.0. The second-order valence-electron chi connectivity index (χ2n) is 9.87. The highest BCUT2D eigenvalue weighted by molar-refractivity contribution is 6.07. The van der Waals surface area contributed by atoms with E-state index in [9.17, 15) is 20.1 Å². The van der Waals surface area contributed by atoms with Crippen molar-refractivity contribution in [2.45, 2.75) is 40.5 Å². The molecule has 0 bridgehead atoms. The molecule has 0 saturated heterocycles. The lowest BCUT2D eigenvalue weighted by Crippen LogP contribution is -2.28. The number of ether oxygens (including phenoxy) is 4. The van der Waals surface area contributed by atoms with E-state index in [-0.39, 0.29) is 34.4 Å². The molecule has 0 aliphatic heterocycles. The number of hydrogen-bond acceptors (Lipinski definition) is 9. The smallest absolute Gasteiger partial charge is 0.311 e. The number of rotatable bonds is 13. The number of allylic oxidation sites excluding steroid dienone is 2. The second kappa shape index (κ2) is 12.2. The fourth-order valence-electron chi connectivity index (χ4n) is 4.32. The first-order valence-electron chi connectivity index (χ1n) is 13.0. The number of nitrogens with zero attached hydrogens (tertiary/aromatic N) is 1. The van der Waals surface area contributed by atoms with Crippen LogP contribution in [0.15, 0.2) is 41.9 Å². The maximum Gasteiger partial charge on any atom is 0.311 e. The molecule has 0 fully saturated rings. The average Bonchev–Trinajstić information content (AvgIpc) is 2.93. The first-order chi connectivity index (χ1) is 18.5. The van der Waals surface area contributed by atoms with Gasteiger partial charge in [0.15, 0.2) is 11.5 Å². The lowest BCUT2D eigenvalue weighted by Gasteiger charge is -2.27. The molecule has 0 heterocycles. The Morgan fingerprint density at radius 1 is 0.897 bits per heavy atom. The lowest BCUT2D eigenvalue weighted by molar-refractivity contribution is -0.154. The van der Waals surface area contributed by atoms with E-state index in [1.807, 2.05) is 38.7 Å². The zero-order valence-electron chi connectivity index (χ0n) is 23.8. The Bertz CT molecular complexity index is 1250. The molecule has 2 aromatic rings. The van der Waals surface area contributed by atoms with Crippen molar-refractivity contribution in [3.8, 4) is 23.0 Å². The number of aliphatic hydroxyl groups is 2.